The van der Waals surface area contributed by atoms with E-state index in [4.69, 9.17) is 0 Å². The van der Waals surface area contributed by atoms with E-state index >= 15 is 0 Å². The molecule has 4 heteroatoms. The molecule has 0 saturated carbocycles. The van der Waals surface area contributed by atoms with Gasteiger partial charge in [0.2, 0.25) is 0 Å². The van der Waals surface area contributed by atoms with Gasteiger partial charge in [0, 0.05) is 5.25 Å². The first-order chi connectivity index (χ1) is 12.4. The number of thioether (sulfide) groups is 1. The van der Waals surface area contributed by atoms with Crippen LogP contribution in [-0.2, 0) is 16.1 Å². The van der Waals surface area contributed by atoms with Crippen LogP contribution in [0.1, 0.15) is 36.1 Å². The van der Waals surface area contributed by atoms with Gasteiger partial charge in [-0.1, -0.05) is 62.4 Å². The first-order valence-corrected chi connectivity index (χ1v) is 9.65. The lowest BCUT2D eigenvalue weighted by atomic mass is 10.0. The van der Waals surface area contributed by atoms with Crippen molar-refractivity contribution in [2.75, 3.05) is 0 Å². The zero-order valence-electron chi connectivity index (χ0n) is 15.6. The van der Waals surface area contributed by atoms with Crippen LogP contribution in [0.4, 0.5) is 0 Å². The van der Waals surface area contributed by atoms with Crippen molar-refractivity contribution in [3.05, 3.63) is 75.7 Å². The van der Waals surface area contributed by atoms with Gasteiger partial charge in [-0.05, 0) is 36.1 Å². The summed E-state index contributed by atoms with van der Waals surface area (Å²) >= 11 is 1.47. The van der Waals surface area contributed by atoms with Crippen molar-refractivity contribution < 1.29 is 9.59 Å². The van der Waals surface area contributed by atoms with Crippen molar-refractivity contribution in [3.8, 4) is 0 Å². The molecule has 3 rings (SSSR count). The summed E-state index contributed by atoms with van der Waals surface area (Å²) in [6.45, 7) is 8.44. The van der Waals surface area contributed by atoms with Crippen molar-refractivity contribution in [2.24, 2.45) is 0 Å². The fourth-order valence-electron chi connectivity index (χ4n) is 2.96. The average molecular weight is 365 g/mol. The molecule has 0 spiro atoms. The summed E-state index contributed by atoms with van der Waals surface area (Å²) < 4.78 is 0. The summed E-state index contributed by atoms with van der Waals surface area (Å²) in [5, 5.41) is 0.222. The van der Waals surface area contributed by atoms with Gasteiger partial charge in [0.15, 0.2) is 0 Å². The Morgan fingerprint density at radius 1 is 0.923 bits per heavy atom. The molecule has 2 aromatic carbocycles. The number of benzene rings is 2. The van der Waals surface area contributed by atoms with E-state index in [1.807, 2.05) is 76.2 Å². The van der Waals surface area contributed by atoms with Crippen LogP contribution in [-0.4, -0.2) is 22.0 Å². The molecule has 0 unspecified atom stereocenters. The molecule has 0 atom stereocenters. The SMILES string of the molecule is Cc1ccc(C2=C(SC(C)C)C(=O)N(Cc3ccccc3)C2=O)cc1C. The molecular weight excluding hydrogens is 342 g/mol. The van der Waals surface area contributed by atoms with Crippen LogP contribution in [0.15, 0.2) is 53.4 Å². The van der Waals surface area contributed by atoms with Crippen LogP contribution in [0.3, 0.4) is 0 Å². The number of nitrogens with zero attached hydrogens (tertiary/aromatic N) is 1. The van der Waals surface area contributed by atoms with Crippen LogP contribution in [0.5, 0.6) is 0 Å². The van der Waals surface area contributed by atoms with Gasteiger partial charge in [0.1, 0.15) is 0 Å². The van der Waals surface area contributed by atoms with E-state index in [0.717, 1.165) is 16.7 Å². The minimum absolute atomic E-state index is 0.189. The number of carbonyl (C=O) groups excluding carboxylic acids is 2. The Bertz CT molecular complexity index is 884. The Labute approximate surface area is 159 Å². The number of amides is 2. The lowest BCUT2D eigenvalue weighted by Crippen LogP contribution is -2.31. The minimum atomic E-state index is -0.203. The maximum absolute atomic E-state index is 13.1. The molecule has 0 bridgehead atoms. The molecule has 2 amide bonds. The highest BCUT2D eigenvalue weighted by atomic mass is 32.2. The fraction of sp³-hybridized carbons (Fsp3) is 0.273. The average Bonchev–Trinajstić information content (AvgIpc) is 2.82. The molecule has 0 radical (unpaired) electrons. The topological polar surface area (TPSA) is 37.4 Å². The second-order valence-electron chi connectivity index (χ2n) is 6.85. The van der Waals surface area contributed by atoms with Crippen LogP contribution >= 0.6 is 11.8 Å². The van der Waals surface area contributed by atoms with Crippen LogP contribution in [0.25, 0.3) is 5.57 Å². The largest absolute Gasteiger partial charge is 0.269 e. The summed E-state index contributed by atoms with van der Waals surface area (Å²) in [5.74, 6) is -0.393. The van der Waals surface area contributed by atoms with Crippen molar-refractivity contribution in [3.63, 3.8) is 0 Å². The van der Waals surface area contributed by atoms with Crippen molar-refractivity contribution in [1.29, 1.82) is 0 Å². The second-order valence-corrected chi connectivity index (χ2v) is 8.44. The standard InChI is InChI=1S/C22H23NO2S/c1-14(2)26-20-19(18-11-10-15(3)16(4)12-18)21(24)23(22(20)25)13-17-8-6-5-7-9-17/h5-12,14H,13H2,1-4H3. The molecule has 0 N–H and O–H groups in total. The van der Waals surface area contributed by atoms with Gasteiger partial charge < -0.3 is 0 Å². The quantitative estimate of drug-likeness (QED) is 0.719. The van der Waals surface area contributed by atoms with E-state index in [9.17, 15) is 9.59 Å². The Hall–Kier alpha value is -2.33. The van der Waals surface area contributed by atoms with Crippen molar-refractivity contribution in [1.82, 2.24) is 4.90 Å². The van der Waals surface area contributed by atoms with E-state index in [1.54, 1.807) is 0 Å². The van der Waals surface area contributed by atoms with Gasteiger partial charge >= 0.3 is 0 Å². The van der Waals surface area contributed by atoms with Crippen molar-refractivity contribution >= 4 is 29.1 Å². The Morgan fingerprint density at radius 2 is 1.62 bits per heavy atom. The van der Waals surface area contributed by atoms with Gasteiger partial charge in [-0.3, -0.25) is 14.5 Å². The van der Waals surface area contributed by atoms with E-state index in [0.29, 0.717) is 17.0 Å². The zero-order valence-corrected chi connectivity index (χ0v) is 16.4. The van der Waals surface area contributed by atoms with Crippen LogP contribution < -0.4 is 0 Å². The predicted molar refractivity (Wildman–Crippen MR) is 108 cm³/mol. The highest BCUT2D eigenvalue weighted by Gasteiger charge is 2.39. The molecule has 1 aliphatic rings. The first-order valence-electron chi connectivity index (χ1n) is 8.77. The Morgan fingerprint density at radius 3 is 2.23 bits per heavy atom. The molecule has 0 aliphatic carbocycles. The number of rotatable bonds is 5. The van der Waals surface area contributed by atoms with E-state index in [1.165, 1.54) is 22.2 Å². The minimum Gasteiger partial charge on any atom is -0.269 e. The highest BCUT2D eigenvalue weighted by molar-refractivity contribution is 8.04. The molecule has 1 aliphatic heterocycles. The summed E-state index contributed by atoms with van der Waals surface area (Å²) in [6, 6.07) is 15.6. The third kappa shape index (κ3) is 3.61. The maximum Gasteiger partial charge on any atom is 0.268 e. The molecule has 134 valence electrons. The van der Waals surface area contributed by atoms with Gasteiger partial charge in [0.25, 0.3) is 11.8 Å². The number of aryl methyl sites for hydroxylation is 2. The van der Waals surface area contributed by atoms with Gasteiger partial charge in [-0.15, -0.1) is 11.8 Å². The molecule has 26 heavy (non-hydrogen) atoms. The van der Waals surface area contributed by atoms with Crippen molar-refractivity contribution in [2.45, 2.75) is 39.5 Å². The fourth-order valence-corrected chi connectivity index (χ4v) is 3.97. The Balaban J connectivity index is 2.02. The maximum atomic E-state index is 13.1. The lowest BCUT2D eigenvalue weighted by Gasteiger charge is -2.15. The van der Waals surface area contributed by atoms with Crippen LogP contribution in [0, 0.1) is 13.8 Å². The zero-order chi connectivity index (χ0) is 18.8. The van der Waals surface area contributed by atoms with Crippen LogP contribution in [0.2, 0.25) is 0 Å². The monoisotopic (exact) mass is 365 g/mol. The number of hydrogen-bond acceptors (Lipinski definition) is 3. The summed E-state index contributed by atoms with van der Waals surface area (Å²) in [7, 11) is 0. The third-order valence-corrected chi connectivity index (χ3v) is 5.54. The smallest absolute Gasteiger partial charge is 0.268 e. The van der Waals surface area contributed by atoms with Gasteiger partial charge in [-0.2, -0.15) is 0 Å². The summed E-state index contributed by atoms with van der Waals surface area (Å²) in [5.41, 5.74) is 4.60. The molecule has 0 saturated heterocycles. The highest BCUT2D eigenvalue weighted by Crippen LogP contribution is 2.38. The number of carbonyl (C=O) groups is 2. The second kappa shape index (κ2) is 7.50. The predicted octanol–water partition coefficient (Wildman–Crippen LogP) is 4.73. The summed E-state index contributed by atoms with van der Waals surface area (Å²) in [4.78, 5) is 28.1. The van der Waals surface area contributed by atoms with E-state index < -0.39 is 0 Å². The number of hydrogen-bond donors (Lipinski definition) is 0. The molecule has 0 fully saturated rings. The molecular formula is C22H23NO2S. The van der Waals surface area contributed by atoms with E-state index in [2.05, 4.69) is 0 Å². The third-order valence-electron chi connectivity index (χ3n) is 4.46. The lowest BCUT2D eigenvalue weighted by molar-refractivity contribution is -0.137. The van der Waals surface area contributed by atoms with Gasteiger partial charge in [-0.25, -0.2) is 0 Å². The molecule has 2 aromatic rings. The molecule has 0 aromatic heterocycles. The summed E-state index contributed by atoms with van der Waals surface area (Å²) in [6.07, 6.45) is 0. The molecule has 3 nitrogen and oxygen atoms in total. The normalized spacial score (nSPS) is 14.7. The molecule has 1 heterocycles. The van der Waals surface area contributed by atoms with E-state index in [-0.39, 0.29) is 17.1 Å². The van der Waals surface area contributed by atoms with Gasteiger partial charge in [0.05, 0.1) is 17.0 Å². The Kier molecular flexibility index (Phi) is 5.33. The number of imide groups is 1. The first kappa shape index (κ1) is 18.5.